The number of nitrogens with one attached hydrogen (secondary N) is 1. The summed E-state index contributed by atoms with van der Waals surface area (Å²) in [6, 6.07) is 2.64. The molecule has 1 aromatic rings. The monoisotopic (exact) mass is 222 g/mol. The summed E-state index contributed by atoms with van der Waals surface area (Å²) in [4.78, 5) is 26.0. The van der Waals surface area contributed by atoms with Crippen molar-refractivity contribution in [3.63, 3.8) is 0 Å². The summed E-state index contributed by atoms with van der Waals surface area (Å²) in [5, 5.41) is 11.2. The number of rotatable bonds is 5. The van der Waals surface area contributed by atoms with Crippen molar-refractivity contribution in [2.45, 2.75) is 25.8 Å². The molecule has 1 atom stereocenters. The van der Waals surface area contributed by atoms with E-state index in [1.807, 2.05) is 0 Å². The number of carbonyl (C=O) groups is 2. The zero-order valence-electron chi connectivity index (χ0n) is 9.01. The molecule has 0 spiro atoms. The second-order valence-electron chi connectivity index (χ2n) is 3.40. The molecule has 5 nitrogen and oxygen atoms in total. The van der Waals surface area contributed by atoms with Crippen LogP contribution in [0.25, 0.3) is 0 Å². The predicted molar refractivity (Wildman–Crippen MR) is 57.8 cm³/mol. The summed E-state index contributed by atoms with van der Waals surface area (Å²) in [6.45, 7) is 1.71. The highest BCUT2D eigenvalue weighted by Gasteiger charge is 2.17. The minimum absolute atomic E-state index is 0.173. The SMILES string of the molecule is CC[C@H](NC(=O)Cc1ccncc1)C(=O)O. The van der Waals surface area contributed by atoms with E-state index in [0.29, 0.717) is 6.42 Å². The van der Waals surface area contributed by atoms with E-state index in [1.54, 1.807) is 31.5 Å². The molecule has 2 N–H and O–H groups in total. The summed E-state index contributed by atoms with van der Waals surface area (Å²) in [5.41, 5.74) is 0.813. The molecule has 0 aliphatic heterocycles. The third-order valence-corrected chi connectivity index (χ3v) is 2.16. The number of pyridine rings is 1. The van der Waals surface area contributed by atoms with Gasteiger partial charge in [-0.3, -0.25) is 9.78 Å². The molecule has 0 unspecified atom stereocenters. The predicted octanol–water partition coefficient (Wildman–Crippen LogP) is 0.603. The van der Waals surface area contributed by atoms with Crippen molar-refractivity contribution in [2.24, 2.45) is 0 Å². The van der Waals surface area contributed by atoms with Crippen molar-refractivity contribution < 1.29 is 14.7 Å². The molecule has 0 fully saturated rings. The van der Waals surface area contributed by atoms with Gasteiger partial charge >= 0.3 is 5.97 Å². The van der Waals surface area contributed by atoms with E-state index in [4.69, 9.17) is 5.11 Å². The first-order valence-electron chi connectivity index (χ1n) is 5.04. The normalized spacial score (nSPS) is 11.8. The highest BCUT2D eigenvalue weighted by molar-refractivity contribution is 5.84. The Kier molecular flexibility index (Phi) is 4.44. The molecule has 0 saturated carbocycles. The van der Waals surface area contributed by atoms with Crippen LogP contribution in [0.2, 0.25) is 0 Å². The largest absolute Gasteiger partial charge is 0.480 e. The summed E-state index contributed by atoms with van der Waals surface area (Å²) in [6.07, 6.45) is 3.73. The maximum atomic E-state index is 11.5. The lowest BCUT2D eigenvalue weighted by Gasteiger charge is -2.11. The van der Waals surface area contributed by atoms with Crippen LogP contribution < -0.4 is 5.32 Å². The first-order chi connectivity index (χ1) is 7.63. The smallest absolute Gasteiger partial charge is 0.326 e. The lowest BCUT2D eigenvalue weighted by atomic mass is 10.1. The third kappa shape index (κ3) is 3.68. The van der Waals surface area contributed by atoms with Gasteiger partial charge in [0.25, 0.3) is 0 Å². The van der Waals surface area contributed by atoms with Crippen LogP contribution in [0.15, 0.2) is 24.5 Å². The molecule has 0 aromatic carbocycles. The number of nitrogens with zero attached hydrogens (tertiary/aromatic N) is 1. The maximum absolute atomic E-state index is 11.5. The highest BCUT2D eigenvalue weighted by Crippen LogP contribution is 1.99. The average Bonchev–Trinajstić information content (AvgIpc) is 2.27. The zero-order valence-corrected chi connectivity index (χ0v) is 9.01. The average molecular weight is 222 g/mol. The van der Waals surface area contributed by atoms with Gasteiger partial charge < -0.3 is 10.4 Å². The molecule has 0 bridgehead atoms. The minimum Gasteiger partial charge on any atom is -0.480 e. The van der Waals surface area contributed by atoms with Crippen LogP contribution in [-0.4, -0.2) is 28.0 Å². The van der Waals surface area contributed by atoms with Gasteiger partial charge in [0.2, 0.25) is 5.91 Å². The van der Waals surface area contributed by atoms with Crippen LogP contribution in [0, 0.1) is 0 Å². The van der Waals surface area contributed by atoms with Crippen LogP contribution in [0.1, 0.15) is 18.9 Å². The number of aliphatic carboxylic acids is 1. The number of hydrogen-bond donors (Lipinski definition) is 2. The Hall–Kier alpha value is -1.91. The van der Waals surface area contributed by atoms with E-state index in [9.17, 15) is 9.59 Å². The molecule has 1 heterocycles. The molecule has 5 heteroatoms. The summed E-state index contributed by atoms with van der Waals surface area (Å²) >= 11 is 0. The second-order valence-corrected chi connectivity index (χ2v) is 3.40. The molecule has 1 rings (SSSR count). The fourth-order valence-electron chi connectivity index (χ4n) is 1.27. The van der Waals surface area contributed by atoms with E-state index >= 15 is 0 Å². The van der Waals surface area contributed by atoms with Crippen LogP contribution in [0.4, 0.5) is 0 Å². The van der Waals surface area contributed by atoms with Crippen molar-refractivity contribution >= 4 is 11.9 Å². The topological polar surface area (TPSA) is 79.3 Å². The first-order valence-corrected chi connectivity index (χ1v) is 5.04. The summed E-state index contributed by atoms with van der Waals surface area (Å²) in [5.74, 6) is -1.30. The van der Waals surface area contributed by atoms with Gasteiger partial charge in [0.15, 0.2) is 0 Å². The third-order valence-electron chi connectivity index (χ3n) is 2.16. The van der Waals surface area contributed by atoms with E-state index in [0.717, 1.165) is 5.56 Å². The van der Waals surface area contributed by atoms with Crippen molar-refractivity contribution in [3.8, 4) is 0 Å². The Bertz CT molecular complexity index is 365. The second kappa shape index (κ2) is 5.85. The molecule has 0 aliphatic rings. The Morgan fingerprint density at radius 1 is 1.44 bits per heavy atom. The van der Waals surface area contributed by atoms with Crippen LogP contribution >= 0.6 is 0 Å². The van der Waals surface area contributed by atoms with E-state index < -0.39 is 12.0 Å². The van der Waals surface area contributed by atoms with Crippen LogP contribution in [0.5, 0.6) is 0 Å². The fourth-order valence-corrected chi connectivity index (χ4v) is 1.27. The fraction of sp³-hybridized carbons (Fsp3) is 0.364. The molecule has 0 aliphatic carbocycles. The number of carboxylic acid groups (broad SMARTS) is 1. The van der Waals surface area contributed by atoms with Crippen molar-refractivity contribution in [1.29, 1.82) is 0 Å². The van der Waals surface area contributed by atoms with Gasteiger partial charge in [0, 0.05) is 12.4 Å². The Balaban J connectivity index is 2.50. The number of carbonyl (C=O) groups excluding carboxylic acids is 1. The first kappa shape index (κ1) is 12.2. The van der Waals surface area contributed by atoms with Crippen molar-refractivity contribution in [2.75, 3.05) is 0 Å². The van der Waals surface area contributed by atoms with Gasteiger partial charge in [-0.1, -0.05) is 6.92 Å². The highest BCUT2D eigenvalue weighted by atomic mass is 16.4. The lowest BCUT2D eigenvalue weighted by Crippen LogP contribution is -2.40. The van der Waals surface area contributed by atoms with Crippen molar-refractivity contribution in [3.05, 3.63) is 30.1 Å². The molecule has 1 aromatic heterocycles. The van der Waals surface area contributed by atoms with Gasteiger partial charge in [0.1, 0.15) is 6.04 Å². The summed E-state index contributed by atoms with van der Waals surface area (Å²) in [7, 11) is 0. The number of carboxylic acids is 1. The van der Waals surface area contributed by atoms with Crippen LogP contribution in [0.3, 0.4) is 0 Å². The number of hydrogen-bond acceptors (Lipinski definition) is 3. The minimum atomic E-state index is -1.01. The van der Waals surface area contributed by atoms with E-state index in [2.05, 4.69) is 10.3 Å². The van der Waals surface area contributed by atoms with Gasteiger partial charge in [-0.25, -0.2) is 4.79 Å². The molecular weight excluding hydrogens is 208 g/mol. The van der Waals surface area contributed by atoms with Gasteiger partial charge in [-0.2, -0.15) is 0 Å². The van der Waals surface area contributed by atoms with E-state index in [-0.39, 0.29) is 12.3 Å². The molecular formula is C11H14N2O3. The zero-order chi connectivity index (χ0) is 12.0. The number of amides is 1. The van der Waals surface area contributed by atoms with Gasteiger partial charge in [-0.05, 0) is 24.1 Å². The Morgan fingerprint density at radius 2 is 2.06 bits per heavy atom. The molecule has 1 amide bonds. The number of aromatic nitrogens is 1. The molecule has 16 heavy (non-hydrogen) atoms. The lowest BCUT2D eigenvalue weighted by molar-refractivity contribution is -0.141. The standard InChI is InChI=1S/C11H14N2O3/c1-2-9(11(15)16)13-10(14)7-8-3-5-12-6-4-8/h3-6,9H,2,7H2,1H3,(H,13,14)(H,15,16)/t9-/m0/s1. The Labute approximate surface area is 93.5 Å². The quantitative estimate of drug-likeness (QED) is 0.764. The Morgan fingerprint density at radius 3 is 2.56 bits per heavy atom. The van der Waals surface area contributed by atoms with E-state index in [1.165, 1.54) is 0 Å². The van der Waals surface area contributed by atoms with Gasteiger partial charge in [0.05, 0.1) is 6.42 Å². The maximum Gasteiger partial charge on any atom is 0.326 e. The molecule has 0 radical (unpaired) electrons. The van der Waals surface area contributed by atoms with Gasteiger partial charge in [-0.15, -0.1) is 0 Å². The van der Waals surface area contributed by atoms with Crippen molar-refractivity contribution in [1.82, 2.24) is 10.3 Å². The molecule has 86 valence electrons. The van der Waals surface area contributed by atoms with Crippen LogP contribution in [-0.2, 0) is 16.0 Å². The summed E-state index contributed by atoms with van der Waals surface area (Å²) < 4.78 is 0. The molecule has 0 saturated heterocycles.